The Hall–Kier alpha value is -2.33. The minimum Gasteiger partial charge on any atom is -0.508 e. The zero-order valence-electron chi connectivity index (χ0n) is 10.2. The lowest BCUT2D eigenvalue weighted by Crippen LogP contribution is -2.06. The molecular formula is C15H14O4. The van der Waals surface area contributed by atoms with Gasteiger partial charge in [-0.2, -0.15) is 0 Å². The second-order valence-electron chi connectivity index (χ2n) is 4.13. The van der Waals surface area contributed by atoms with Crippen LogP contribution in [0.3, 0.4) is 0 Å². The minimum absolute atomic E-state index is 0.238. The van der Waals surface area contributed by atoms with Crippen molar-refractivity contribution in [2.75, 3.05) is 6.61 Å². The number of benzene rings is 2. The van der Waals surface area contributed by atoms with Crippen LogP contribution in [0.2, 0.25) is 0 Å². The second kappa shape index (κ2) is 6.02. The number of hydrogen-bond acceptors (Lipinski definition) is 3. The van der Waals surface area contributed by atoms with Crippen LogP contribution in [-0.4, -0.2) is 22.8 Å². The quantitative estimate of drug-likeness (QED) is 0.865. The van der Waals surface area contributed by atoms with Crippen LogP contribution >= 0.6 is 0 Å². The summed E-state index contributed by atoms with van der Waals surface area (Å²) in [5, 5.41) is 17.7. The van der Waals surface area contributed by atoms with Crippen LogP contribution in [0.1, 0.15) is 5.56 Å². The van der Waals surface area contributed by atoms with Gasteiger partial charge < -0.3 is 14.9 Å². The van der Waals surface area contributed by atoms with Gasteiger partial charge in [-0.15, -0.1) is 0 Å². The van der Waals surface area contributed by atoms with E-state index in [0.717, 1.165) is 16.7 Å². The topological polar surface area (TPSA) is 66.8 Å². The van der Waals surface area contributed by atoms with Crippen LogP contribution in [0.15, 0.2) is 48.5 Å². The van der Waals surface area contributed by atoms with E-state index in [9.17, 15) is 9.90 Å². The van der Waals surface area contributed by atoms with E-state index in [1.807, 2.05) is 36.4 Å². The van der Waals surface area contributed by atoms with Crippen molar-refractivity contribution in [2.24, 2.45) is 0 Å². The molecule has 0 aliphatic rings. The van der Waals surface area contributed by atoms with Crippen molar-refractivity contribution in [3.05, 3.63) is 54.1 Å². The Kier molecular flexibility index (Phi) is 4.15. The lowest BCUT2D eigenvalue weighted by molar-refractivity contribution is -0.142. The van der Waals surface area contributed by atoms with E-state index in [2.05, 4.69) is 0 Å². The summed E-state index contributed by atoms with van der Waals surface area (Å²) < 4.78 is 5.01. The maximum atomic E-state index is 10.3. The summed E-state index contributed by atoms with van der Waals surface area (Å²) in [4.78, 5) is 10.3. The van der Waals surface area contributed by atoms with Crippen molar-refractivity contribution in [3.63, 3.8) is 0 Å². The van der Waals surface area contributed by atoms with E-state index in [1.54, 1.807) is 12.1 Å². The fourth-order valence-electron chi connectivity index (χ4n) is 1.70. The molecule has 19 heavy (non-hydrogen) atoms. The summed E-state index contributed by atoms with van der Waals surface area (Å²) in [6.45, 7) is -0.0120. The Bertz CT molecular complexity index is 543. The van der Waals surface area contributed by atoms with Gasteiger partial charge in [-0.1, -0.05) is 36.4 Å². The van der Waals surface area contributed by atoms with Gasteiger partial charge in [0, 0.05) is 0 Å². The minimum atomic E-state index is -0.972. The maximum absolute atomic E-state index is 10.3. The standard InChI is InChI=1S/C15H14O4/c16-14-7-5-13(6-8-14)12-3-1-11(2-4-12)9-19-10-15(17)18/h1-8,16H,9-10H2,(H,17,18). The van der Waals surface area contributed by atoms with E-state index < -0.39 is 5.97 Å². The zero-order chi connectivity index (χ0) is 13.7. The van der Waals surface area contributed by atoms with Gasteiger partial charge in [-0.25, -0.2) is 4.79 Å². The number of carboxylic acid groups (broad SMARTS) is 1. The summed E-state index contributed by atoms with van der Waals surface area (Å²) in [6, 6.07) is 14.6. The van der Waals surface area contributed by atoms with Crippen molar-refractivity contribution < 1.29 is 19.7 Å². The molecular weight excluding hydrogens is 244 g/mol. The average molecular weight is 258 g/mol. The number of ether oxygens (including phenoxy) is 1. The third-order valence-electron chi connectivity index (χ3n) is 2.65. The van der Waals surface area contributed by atoms with E-state index in [-0.39, 0.29) is 19.0 Å². The summed E-state index contributed by atoms with van der Waals surface area (Å²) in [7, 11) is 0. The molecule has 2 aromatic carbocycles. The number of phenolic OH excluding ortho intramolecular Hbond substituents is 1. The summed E-state index contributed by atoms with van der Waals surface area (Å²) >= 11 is 0. The van der Waals surface area contributed by atoms with Gasteiger partial charge in [0.25, 0.3) is 0 Å². The monoisotopic (exact) mass is 258 g/mol. The van der Waals surface area contributed by atoms with E-state index in [0.29, 0.717) is 0 Å². The van der Waals surface area contributed by atoms with Crippen LogP contribution < -0.4 is 0 Å². The highest BCUT2D eigenvalue weighted by Gasteiger charge is 2.00. The number of carboxylic acids is 1. The first kappa shape index (κ1) is 13.1. The van der Waals surface area contributed by atoms with Crippen LogP contribution in [0, 0.1) is 0 Å². The fraction of sp³-hybridized carbons (Fsp3) is 0.133. The number of hydrogen-bond donors (Lipinski definition) is 2. The molecule has 98 valence electrons. The number of carbonyl (C=O) groups is 1. The number of phenols is 1. The molecule has 0 saturated carbocycles. The third-order valence-corrected chi connectivity index (χ3v) is 2.65. The lowest BCUT2D eigenvalue weighted by atomic mass is 10.0. The molecule has 0 aliphatic carbocycles. The Morgan fingerprint density at radius 1 is 0.947 bits per heavy atom. The Labute approximate surface area is 110 Å². The second-order valence-corrected chi connectivity index (χ2v) is 4.13. The molecule has 0 fully saturated rings. The Balaban J connectivity index is 2.02. The first-order valence-corrected chi connectivity index (χ1v) is 5.83. The van der Waals surface area contributed by atoms with Crippen LogP contribution in [0.4, 0.5) is 0 Å². The molecule has 0 spiro atoms. The molecule has 0 atom stereocenters. The Morgan fingerprint density at radius 3 is 2.00 bits per heavy atom. The smallest absolute Gasteiger partial charge is 0.329 e. The highest BCUT2D eigenvalue weighted by Crippen LogP contribution is 2.22. The van der Waals surface area contributed by atoms with Crippen LogP contribution in [0.25, 0.3) is 11.1 Å². The van der Waals surface area contributed by atoms with E-state index in [1.165, 1.54) is 0 Å². The lowest BCUT2D eigenvalue weighted by Gasteiger charge is -2.05. The molecule has 0 radical (unpaired) electrons. The number of aromatic hydroxyl groups is 1. The third kappa shape index (κ3) is 3.82. The van der Waals surface area contributed by atoms with Crippen molar-refractivity contribution in [1.29, 1.82) is 0 Å². The molecule has 2 N–H and O–H groups in total. The largest absolute Gasteiger partial charge is 0.508 e. The van der Waals surface area contributed by atoms with Gasteiger partial charge in [0.05, 0.1) is 6.61 Å². The normalized spacial score (nSPS) is 10.3. The van der Waals surface area contributed by atoms with Gasteiger partial charge in [0.15, 0.2) is 0 Å². The first-order chi connectivity index (χ1) is 9.15. The molecule has 0 aromatic heterocycles. The van der Waals surface area contributed by atoms with Gasteiger partial charge in [0.1, 0.15) is 12.4 Å². The van der Waals surface area contributed by atoms with E-state index >= 15 is 0 Å². The van der Waals surface area contributed by atoms with E-state index in [4.69, 9.17) is 9.84 Å². The average Bonchev–Trinajstić information content (AvgIpc) is 2.40. The van der Waals surface area contributed by atoms with Crippen LogP contribution in [-0.2, 0) is 16.1 Å². The van der Waals surface area contributed by atoms with Crippen molar-refractivity contribution >= 4 is 5.97 Å². The molecule has 0 aliphatic heterocycles. The molecule has 4 nitrogen and oxygen atoms in total. The molecule has 2 rings (SSSR count). The highest BCUT2D eigenvalue weighted by molar-refractivity contribution is 5.68. The zero-order valence-corrected chi connectivity index (χ0v) is 10.2. The molecule has 0 saturated heterocycles. The predicted octanol–water partition coefficient (Wildman–Crippen LogP) is 2.66. The number of rotatable bonds is 5. The van der Waals surface area contributed by atoms with Crippen molar-refractivity contribution in [3.8, 4) is 16.9 Å². The van der Waals surface area contributed by atoms with Gasteiger partial charge in [-0.05, 0) is 28.8 Å². The molecule has 0 bridgehead atoms. The first-order valence-electron chi connectivity index (χ1n) is 5.83. The fourth-order valence-corrected chi connectivity index (χ4v) is 1.70. The summed E-state index contributed by atoms with van der Waals surface area (Å²) in [5.74, 6) is -0.733. The molecule has 0 heterocycles. The summed E-state index contributed by atoms with van der Waals surface area (Å²) in [5.41, 5.74) is 2.96. The molecule has 0 unspecified atom stereocenters. The predicted molar refractivity (Wildman–Crippen MR) is 70.8 cm³/mol. The van der Waals surface area contributed by atoms with Gasteiger partial charge in [-0.3, -0.25) is 0 Å². The summed E-state index contributed by atoms with van der Waals surface area (Å²) in [6.07, 6.45) is 0. The molecule has 4 heteroatoms. The van der Waals surface area contributed by atoms with Crippen molar-refractivity contribution in [2.45, 2.75) is 6.61 Å². The SMILES string of the molecule is O=C(O)COCc1ccc(-c2ccc(O)cc2)cc1. The van der Waals surface area contributed by atoms with Gasteiger partial charge >= 0.3 is 5.97 Å². The maximum Gasteiger partial charge on any atom is 0.329 e. The molecule has 0 amide bonds. The Morgan fingerprint density at radius 2 is 1.47 bits per heavy atom. The van der Waals surface area contributed by atoms with Gasteiger partial charge in [0.2, 0.25) is 0 Å². The molecule has 2 aromatic rings. The highest BCUT2D eigenvalue weighted by atomic mass is 16.5. The number of aliphatic carboxylic acids is 1. The van der Waals surface area contributed by atoms with Crippen LogP contribution in [0.5, 0.6) is 5.75 Å². The van der Waals surface area contributed by atoms with Crippen molar-refractivity contribution in [1.82, 2.24) is 0 Å².